The van der Waals surface area contributed by atoms with Crippen molar-refractivity contribution in [2.45, 2.75) is 72.0 Å². The Labute approximate surface area is 197 Å². The molecular formula is C28H36N4O. The molecule has 2 unspecified atom stereocenters. The van der Waals surface area contributed by atoms with Gasteiger partial charge in [-0.1, -0.05) is 48.5 Å². The van der Waals surface area contributed by atoms with E-state index in [1.807, 2.05) is 37.3 Å². The normalized spacial score (nSPS) is 18.0. The monoisotopic (exact) mass is 444 g/mol. The number of hydrogen-bond acceptors (Lipinski definition) is 3. The van der Waals surface area contributed by atoms with Gasteiger partial charge in [-0.3, -0.25) is 14.4 Å². The molecule has 1 aliphatic rings. The van der Waals surface area contributed by atoms with Crippen LogP contribution in [0.5, 0.6) is 0 Å². The molecule has 2 atom stereocenters. The van der Waals surface area contributed by atoms with Crippen LogP contribution in [0.4, 0.5) is 0 Å². The number of hydrogen-bond donors (Lipinski definition) is 1. The number of rotatable bonds is 7. The first-order valence-electron chi connectivity index (χ1n) is 12.0. The summed E-state index contributed by atoms with van der Waals surface area (Å²) in [4.78, 5) is 15.4. The number of amides is 1. The fourth-order valence-corrected chi connectivity index (χ4v) is 5.45. The third-order valence-electron chi connectivity index (χ3n) is 7.55. The van der Waals surface area contributed by atoms with E-state index in [-0.39, 0.29) is 11.9 Å². The van der Waals surface area contributed by atoms with Gasteiger partial charge in [0.1, 0.15) is 5.54 Å². The average molecular weight is 445 g/mol. The van der Waals surface area contributed by atoms with Gasteiger partial charge in [0.2, 0.25) is 5.91 Å². The van der Waals surface area contributed by atoms with Gasteiger partial charge in [-0.05, 0) is 69.7 Å². The summed E-state index contributed by atoms with van der Waals surface area (Å²) in [6.07, 6.45) is 2.70. The highest BCUT2D eigenvalue weighted by Gasteiger charge is 2.46. The van der Waals surface area contributed by atoms with Crippen molar-refractivity contribution in [2.24, 2.45) is 5.73 Å². The molecule has 0 saturated carbocycles. The largest absolute Gasteiger partial charge is 0.368 e. The molecule has 2 aromatic carbocycles. The van der Waals surface area contributed by atoms with Crippen LogP contribution in [0.15, 0.2) is 48.5 Å². The van der Waals surface area contributed by atoms with Gasteiger partial charge in [-0.25, -0.2) is 0 Å². The molecule has 0 aliphatic carbocycles. The molecule has 5 heteroatoms. The number of benzene rings is 2. The molecule has 1 amide bonds. The quantitative estimate of drug-likeness (QED) is 0.571. The Morgan fingerprint density at radius 3 is 2.48 bits per heavy atom. The molecule has 0 radical (unpaired) electrons. The predicted molar refractivity (Wildman–Crippen MR) is 133 cm³/mol. The van der Waals surface area contributed by atoms with Crippen LogP contribution in [0, 0.1) is 20.8 Å². The Kier molecular flexibility index (Phi) is 6.44. The van der Waals surface area contributed by atoms with Crippen LogP contribution in [0.2, 0.25) is 0 Å². The van der Waals surface area contributed by atoms with Crippen molar-refractivity contribution in [1.29, 1.82) is 0 Å². The first kappa shape index (κ1) is 23.2. The number of aromatic nitrogens is 2. The van der Waals surface area contributed by atoms with Crippen LogP contribution in [0.25, 0.3) is 0 Å². The minimum Gasteiger partial charge on any atom is -0.368 e. The molecule has 1 aliphatic heterocycles. The average Bonchev–Trinajstić information content (AvgIpc) is 3.15. The summed E-state index contributed by atoms with van der Waals surface area (Å²) in [5.74, 6) is -0.311. The molecule has 174 valence electrons. The predicted octanol–water partition coefficient (Wildman–Crippen LogP) is 4.76. The van der Waals surface area contributed by atoms with E-state index < -0.39 is 5.54 Å². The lowest BCUT2D eigenvalue weighted by Crippen LogP contribution is -2.56. The van der Waals surface area contributed by atoms with E-state index in [9.17, 15) is 4.79 Å². The highest BCUT2D eigenvalue weighted by atomic mass is 16.1. The molecular weight excluding hydrogens is 408 g/mol. The van der Waals surface area contributed by atoms with Crippen molar-refractivity contribution in [3.63, 3.8) is 0 Å². The second-order valence-corrected chi connectivity index (χ2v) is 9.48. The standard InChI is InChI=1S/C28H36N4O/c1-6-32-25-16-17-31(28(5,27(29)33)23-10-8-7-9-11-23)24(26(25)21(4)30-32)15-14-22-13-12-19(2)20(3)18-22/h7-13,18,24H,6,14-17H2,1-5H3,(H2,29,33). The summed E-state index contributed by atoms with van der Waals surface area (Å²) >= 11 is 0. The second-order valence-electron chi connectivity index (χ2n) is 9.48. The van der Waals surface area contributed by atoms with Crippen molar-refractivity contribution in [2.75, 3.05) is 6.54 Å². The van der Waals surface area contributed by atoms with Gasteiger partial charge in [0.05, 0.1) is 5.69 Å². The Hall–Kier alpha value is -2.92. The molecule has 3 aromatic rings. The molecule has 1 aromatic heterocycles. The Morgan fingerprint density at radius 2 is 1.85 bits per heavy atom. The van der Waals surface area contributed by atoms with Crippen LogP contribution in [-0.4, -0.2) is 27.1 Å². The minimum absolute atomic E-state index is 0.0633. The number of fused-ring (bicyclic) bond motifs is 1. The third-order valence-corrected chi connectivity index (χ3v) is 7.55. The zero-order valence-electron chi connectivity index (χ0n) is 20.6. The van der Waals surface area contributed by atoms with Crippen molar-refractivity contribution >= 4 is 5.91 Å². The van der Waals surface area contributed by atoms with E-state index in [0.717, 1.165) is 43.6 Å². The van der Waals surface area contributed by atoms with E-state index in [1.54, 1.807) is 0 Å². The summed E-state index contributed by atoms with van der Waals surface area (Å²) in [5, 5.41) is 4.85. The van der Waals surface area contributed by atoms with Crippen LogP contribution >= 0.6 is 0 Å². The molecule has 2 N–H and O–H groups in total. The highest BCUT2D eigenvalue weighted by Crippen LogP contribution is 2.43. The van der Waals surface area contributed by atoms with E-state index in [2.05, 4.69) is 55.5 Å². The van der Waals surface area contributed by atoms with Gasteiger partial charge in [-0.2, -0.15) is 5.10 Å². The summed E-state index contributed by atoms with van der Waals surface area (Å²) in [6, 6.07) is 16.8. The molecule has 33 heavy (non-hydrogen) atoms. The number of aryl methyl sites for hydroxylation is 5. The van der Waals surface area contributed by atoms with Gasteiger partial charge in [0, 0.05) is 36.8 Å². The maximum absolute atomic E-state index is 13.0. The molecule has 0 saturated heterocycles. The van der Waals surface area contributed by atoms with Crippen LogP contribution in [0.1, 0.15) is 65.5 Å². The van der Waals surface area contributed by atoms with Crippen molar-refractivity contribution < 1.29 is 4.79 Å². The maximum atomic E-state index is 13.0. The lowest BCUT2D eigenvalue weighted by molar-refractivity contribution is -0.132. The molecule has 2 heterocycles. The molecule has 5 nitrogen and oxygen atoms in total. The van der Waals surface area contributed by atoms with Gasteiger partial charge in [0.15, 0.2) is 0 Å². The van der Waals surface area contributed by atoms with Crippen LogP contribution in [-0.2, 0) is 29.7 Å². The third kappa shape index (κ3) is 4.10. The van der Waals surface area contributed by atoms with Crippen molar-refractivity contribution in [1.82, 2.24) is 14.7 Å². The number of carbonyl (C=O) groups excluding carboxylic acids is 1. The lowest BCUT2D eigenvalue weighted by atomic mass is 9.82. The summed E-state index contributed by atoms with van der Waals surface area (Å²) < 4.78 is 2.13. The molecule has 0 spiro atoms. The van der Waals surface area contributed by atoms with Gasteiger partial charge in [-0.15, -0.1) is 0 Å². The topological polar surface area (TPSA) is 64.2 Å². The summed E-state index contributed by atoms with van der Waals surface area (Å²) in [5.41, 5.74) is 13.8. The zero-order chi connectivity index (χ0) is 23.8. The van der Waals surface area contributed by atoms with Gasteiger partial charge >= 0.3 is 0 Å². The molecule has 0 bridgehead atoms. The SMILES string of the molecule is CCn1nc(C)c2c1CCN(C(C)(C(N)=O)c1ccccc1)C2CCc1ccc(C)c(C)c1. The Balaban J connectivity index is 1.78. The van der Waals surface area contributed by atoms with E-state index in [1.165, 1.54) is 27.9 Å². The van der Waals surface area contributed by atoms with Gasteiger partial charge < -0.3 is 5.73 Å². The van der Waals surface area contributed by atoms with Crippen molar-refractivity contribution in [3.8, 4) is 0 Å². The maximum Gasteiger partial charge on any atom is 0.242 e. The minimum atomic E-state index is -0.895. The number of nitrogens with two attached hydrogens (primary N) is 1. The number of primary amides is 1. The highest BCUT2D eigenvalue weighted by molar-refractivity contribution is 5.86. The fraction of sp³-hybridized carbons (Fsp3) is 0.429. The fourth-order valence-electron chi connectivity index (χ4n) is 5.45. The van der Waals surface area contributed by atoms with Crippen LogP contribution < -0.4 is 5.73 Å². The summed E-state index contributed by atoms with van der Waals surface area (Å²) in [7, 11) is 0. The van der Waals surface area contributed by atoms with E-state index in [4.69, 9.17) is 10.8 Å². The van der Waals surface area contributed by atoms with E-state index >= 15 is 0 Å². The second kappa shape index (κ2) is 9.14. The first-order valence-corrected chi connectivity index (χ1v) is 12.0. The smallest absolute Gasteiger partial charge is 0.242 e. The summed E-state index contributed by atoms with van der Waals surface area (Å²) in [6.45, 7) is 12.2. The number of carbonyl (C=O) groups is 1. The lowest BCUT2D eigenvalue weighted by Gasteiger charge is -2.47. The van der Waals surface area contributed by atoms with Crippen molar-refractivity contribution in [3.05, 3.63) is 87.7 Å². The molecule has 0 fully saturated rings. The Bertz CT molecular complexity index is 1150. The Morgan fingerprint density at radius 1 is 1.12 bits per heavy atom. The first-order chi connectivity index (χ1) is 15.8. The zero-order valence-corrected chi connectivity index (χ0v) is 20.6. The van der Waals surface area contributed by atoms with Crippen LogP contribution in [0.3, 0.4) is 0 Å². The number of nitrogens with zero attached hydrogens (tertiary/aromatic N) is 3. The van der Waals surface area contributed by atoms with Gasteiger partial charge in [0.25, 0.3) is 0 Å². The van der Waals surface area contributed by atoms with E-state index in [0.29, 0.717) is 0 Å². The molecule has 4 rings (SSSR count).